The van der Waals surface area contributed by atoms with Gasteiger partial charge in [-0.15, -0.1) is 0 Å². The fourth-order valence-corrected chi connectivity index (χ4v) is 4.40. The van der Waals surface area contributed by atoms with Crippen LogP contribution in [0.1, 0.15) is 40.4 Å². The summed E-state index contributed by atoms with van der Waals surface area (Å²) in [5.41, 5.74) is 9.18. The van der Waals surface area contributed by atoms with Gasteiger partial charge < -0.3 is 25.6 Å². The van der Waals surface area contributed by atoms with Gasteiger partial charge in [-0.25, -0.2) is 13.6 Å². The van der Waals surface area contributed by atoms with E-state index in [1.54, 1.807) is 0 Å². The minimum Gasteiger partial charge on any atom is -0.508 e. The van der Waals surface area contributed by atoms with Crippen LogP contribution in [0.4, 0.5) is 8.78 Å². The molecule has 0 fully saturated rings. The number of benzene rings is 3. The van der Waals surface area contributed by atoms with Crippen molar-refractivity contribution in [1.29, 1.82) is 0 Å². The lowest BCUT2D eigenvalue weighted by atomic mass is 9.99. The molecule has 0 radical (unpaired) electrons. The van der Waals surface area contributed by atoms with E-state index in [2.05, 4.69) is 18.3 Å². The van der Waals surface area contributed by atoms with Crippen LogP contribution in [-0.4, -0.2) is 41.7 Å². The Morgan fingerprint density at radius 2 is 1.84 bits per heavy atom. The molecule has 1 aliphatic rings. The van der Waals surface area contributed by atoms with E-state index in [1.165, 1.54) is 35.9 Å². The Kier molecular flexibility index (Phi) is 8.70. The lowest BCUT2D eigenvalue weighted by molar-refractivity contribution is -0.158. The van der Waals surface area contributed by atoms with Crippen LogP contribution in [-0.2, 0) is 28.9 Å². The van der Waals surface area contributed by atoms with Gasteiger partial charge in [0.15, 0.2) is 5.78 Å². The van der Waals surface area contributed by atoms with Crippen LogP contribution < -0.4 is 15.8 Å². The number of ketones is 1. The number of ether oxygens (including phenoxy) is 2. The van der Waals surface area contributed by atoms with Gasteiger partial charge in [-0.05, 0) is 53.8 Å². The highest BCUT2D eigenvalue weighted by atomic mass is 19.1. The molecule has 3 aromatic carbocycles. The van der Waals surface area contributed by atoms with Crippen molar-refractivity contribution in [3.05, 3.63) is 94.6 Å². The Hall–Kier alpha value is -3.82. The SMILES string of the molecule is CCc1cccc(CNC[C@@H](OC(=O)[C@@H]2CC(=O)c3ccc(O)cc3O2)C(N)Cc2cc(F)cc(F)c2)c1. The average molecular weight is 525 g/mol. The number of phenols is 1. The first-order valence-corrected chi connectivity index (χ1v) is 12.4. The average Bonchev–Trinajstić information content (AvgIpc) is 2.87. The summed E-state index contributed by atoms with van der Waals surface area (Å²) < 4.78 is 38.8. The summed E-state index contributed by atoms with van der Waals surface area (Å²) in [6, 6.07) is 14.4. The highest BCUT2D eigenvalue weighted by Gasteiger charge is 2.35. The van der Waals surface area contributed by atoms with Crippen molar-refractivity contribution < 1.29 is 33.0 Å². The zero-order valence-corrected chi connectivity index (χ0v) is 21.0. The largest absolute Gasteiger partial charge is 0.508 e. The van der Waals surface area contributed by atoms with Gasteiger partial charge in [0.25, 0.3) is 0 Å². The Morgan fingerprint density at radius 1 is 1.11 bits per heavy atom. The van der Waals surface area contributed by atoms with Crippen LogP contribution in [0.25, 0.3) is 0 Å². The zero-order valence-electron chi connectivity index (χ0n) is 21.0. The molecular weight excluding hydrogens is 494 g/mol. The van der Waals surface area contributed by atoms with Gasteiger partial charge in [0.2, 0.25) is 6.10 Å². The van der Waals surface area contributed by atoms with E-state index in [0.717, 1.165) is 18.1 Å². The molecule has 9 heteroatoms. The smallest absolute Gasteiger partial charge is 0.348 e. The third kappa shape index (κ3) is 6.93. The van der Waals surface area contributed by atoms with Crippen molar-refractivity contribution in [2.45, 2.75) is 51.0 Å². The van der Waals surface area contributed by atoms with Crippen molar-refractivity contribution in [2.75, 3.05) is 6.54 Å². The summed E-state index contributed by atoms with van der Waals surface area (Å²) in [4.78, 5) is 25.6. The maximum atomic E-state index is 13.7. The molecule has 0 aromatic heterocycles. The summed E-state index contributed by atoms with van der Waals surface area (Å²) >= 11 is 0. The summed E-state index contributed by atoms with van der Waals surface area (Å²) in [5, 5.41) is 13.0. The van der Waals surface area contributed by atoms with Crippen LogP contribution in [0.5, 0.6) is 11.5 Å². The lowest BCUT2D eigenvalue weighted by Gasteiger charge is -2.29. The number of esters is 1. The molecule has 0 bridgehead atoms. The standard InChI is InChI=1S/C29H30F2N2O5/c1-2-17-4-3-5-18(8-17)15-33-16-28(24(32)11-19-9-20(30)12-21(31)10-19)38-29(36)27-14-25(35)23-7-6-22(34)13-26(23)37-27/h3-10,12-13,24,27-28,33-34H,2,11,14-16,32H2,1H3/t24?,27-,28+/m0/s1. The number of nitrogens with two attached hydrogens (primary N) is 1. The van der Waals surface area contributed by atoms with Crippen LogP contribution in [0.3, 0.4) is 0 Å². The van der Waals surface area contributed by atoms with Gasteiger partial charge in [-0.2, -0.15) is 0 Å². The first-order chi connectivity index (χ1) is 18.2. The first kappa shape index (κ1) is 27.2. The van der Waals surface area contributed by atoms with E-state index in [4.69, 9.17) is 15.2 Å². The minimum absolute atomic E-state index is 0.0424. The molecule has 1 aliphatic heterocycles. The third-order valence-electron chi connectivity index (χ3n) is 6.38. The molecule has 0 spiro atoms. The summed E-state index contributed by atoms with van der Waals surface area (Å²) in [5.74, 6) is -2.60. The monoisotopic (exact) mass is 524 g/mol. The van der Waals surface area contributed by atoms with Crippen LogP contribution in [0.15, 0.2) is 60.7 Å². The molecule has 38 heavy (non-hydrogen) atoms. The molecule has 0 aliphatic carbocycles. The van der Waals surface area contributed by atoms with Crippen molar-refractivity contribution >= 4 is 11.8 Å². The Balaban J connectivity index is 1.47. The maximum absolute atomic E-state index is 13.7. The number of aromatic hydroxyl groups is 1. The Labute approximate surface area is 219 Å². The third-order valence-corrected chi connectivity index (χ3v) is 6.38. The number of carbonyl (C=O) groups is 2. The molecule has 0 saturated carbocycles. The van der Waals surface area contributed by atoms with Gasteiger partial charge in [0.1, 0.15) is 29.2 Å². The van der Waals surface area contributed by atoms with E-state index in [-0.39, 0.29) is 42.2 Å². The van der Waals surface area contributed by atoms with Gasteiger partial charge in [-0.3, -0.25) is 4.79 Å². The normalized spacial score (nSPS) is 16.3. The second-order valence-corrected chi connectivity index (χ2v) is 9.34. The number of fused-ring (bicyclic) bond motifs is 1. The van der Waals surface area contributed by atoms with Gasteiger partial charge in [-0.1, -0.05) is 31.2 Å². The number of rotatable bonds is 10. The van der Waals surface area contributed by atoms with Gasteiger partial charge in [0.05, 0.1) is 12.0 Å². The van der Waals surface area contributed by atoms with E-state index in [9.17, 15) is 23.5 Å². The fraction of sp³-hybridized carbons (Fsp3) is 0.310. The number of phenolic OH excluding ortho intramolecular Hbond substituents is 1. The number of hydrogen-bond acceptors (Lipinski definition) is 7. The lowest BCUT2D eigenvalue weighted by Crippen LogP contribution is -2.48. The van der Waals surface area contributed by atoms with E-state index < -0.39 is 35.9 Å². The van der Waals surface area contributed by atoms with Crippen molar-refractivity contribution in [3.63, 3.8) is 0 Å². The molecule has 3 atom stereocenters. The summed E-state index contributed by atoms with van der Waals surface area (Å²) in [7, 11) is 0. The molecule has 1 unspecified atom stereocenters. The number of nitrogens with one attached hydrogen (secondary N) is 1. The molecule has 4 rings (SSSR count). The van der Waals surface area contributed by atoms with Crippen LogP contribution in [0, 0.1) is 11.6 Å². The van der Waals surface area contributed by atoms with Crippen molar-refractivity contribution in [3.8, 4) is 11.5 Å². The predicted octanol–water partition coefficient (Wildman–Crippen LogP) is 3.84. The molecule has 1 heterocycles. The molecular formula is C29H30F2N2O5. The molecule has 3 aromatic rings. The highest BCUT2D eigenvalue weighted by Crippen LogP contribution is 2.31. The first-order valence-electron chi connectivity index (χ1n) is 12.4. The zero-order chi connectivity index (χ0) is 27.2. The number of Topliss-reactive ketones (excluding diaryl/α,β-unsaturated/α-hetero) is 1. The Morgan fingerprint density at radius 3 is 2.58 bits per heavy atom. The minimum atomic E-state index is -1.22. The van der Waals surface area contributed by atoms with E-state index >= 15 is 0 Å². The van der Waals surface area contributed by atoms with E-state index in [1.807, 2.05) is 18.2 Å². The molecule has 0 amide bonds. The second-order valence-electron chi connectivity index (χ2n) is 9.34. The van der Waals surface area contributed by atoms with Crippen LogP contribution >= 0.6 is 0 Å². The predicted molar refractivity (Wildman–Crippen MR) is 137 cm³/mol. The number of carbonyl (C=O) groups excluding carboxylic acids is 2. The quantitative estimate of drug-likeness (QED) is 0.346. The Bertz CT molecular complexity index is 1300. The van der Waals surface area contributed by atoms with Crippen LogP contribution in [0.2, 0.25) is 0 Å². The van der Waals surface area contributed by atoms with Crippen molar-refractivity contribution in [1.82, 2.24) is 5.32 Å². The molecule has 200 valence electrons. The maximum Gasteiger partial charge on any atom is 0.348 e. The summed E-state index contributed by atoms with van der Waals surface area (Å²) in [6.45, 7) is 2.70. The summed E-state index contributed by atoms with van der Waals surface area (Å²) in [6.07, 6.45) is -1.41. The second kappa shape index (κ2) is 12.1. The number of hydrogen-bond donors (Lipinski definition) is 3. The topological polar surface area (TPSA) is 111 Å². The molecule has 4 N–H and O–H groups in total. The van der Waals surface area contributed by atoms with Gasteiger partial charge in [0, 0.05) is 31.3 Å². The molecule has 7 nitrogen and oxygen atoms in total. The van der Waals surface area contributed by atoms with Crippen molar-refractivity contribution in [2.24, 2.45) is 5.73 Å². The molecule has 0 saturated heterocycles. The fourth-order valence-electron chi connectivity index (χ4n) is 4.40. The van der Waals surface area contributed by atoms with E-state index in [0.29, 0.717) is 12.1 Å². The number of halogens is 2. The highest BCUT2D eigenvalue weighted by molar-refractivity contribution is 6.02. The number of aryl methyl sites for hydroxylation is 1. The van der Waals surface area contributed by atoms with Gasteiger partial charge >= 0.3 is 5.97 Å².